The summed E-state index contributed by atoms with van der Waals surface area (Å²) in [5.41, 5.74) is 6.18. The molecule has 156 valence electrons. The molecule has 1 fully saturated rings. The Hall–Kier alpha value is -3.15. The smallest absolute Gasteiger partial charge is 0.231 e. The van der Waals surface area contributed by atoms with E-state index in [1.54, 1.807) is 6.07 Å². The molecule has 0 radical (unpaired) electrons. The maximum Gasteiger partial charge on any atom is 0.231 e. The summed E-state index contributed by atoms with van der Waals surface area (Å²) in [5, 5.41) is 0. The maximum absolute atomic E-state index is 12.8. The third kappa shape index (κ3) is 3.21. The molecule has 1 aliphatic carbocycles. The Morgan fingerprint density at radius 1 is 0.806 bits per heavy atom. The van der Waals surface area contributed by atoms with E-state index in [2.05, 4.69) is 58.3 Å². The fourth-order valence-electron chi connectivity index (χ4n) is 5.07. The standard InChI is InChI=1S/C26H24N2O3/c29-23(18-9-10-24-25(15-18)31-17-30-24)16-27-11-13-28(14-12-27)26-21-7-3-1-5-19(21)20-6-2-4-8-22(20)26/h1-10,15,26H,11-14,16-17H2. The number of benzene rings is 3. The summed E-state index contributed by atoms with van der Waals surface area (Å²) in [5.74, 6) is 1.50. The molecule has 0 bridgehead atoms. The molecule has 31 heavy (non-hydrogen) atoms. The van der Waals surface area contributed by atoms with Gasteiger partial charge in [0.1, 0.15) is 0 Å². The molecule has 2 aliphatic heterocycles. The summed E-state index contributed by atoms with van der Waals surface area (Å²) < 4.78 is 10.8. The number of rotatable bonds is 4. The van der Waals surface area contributed by atoms with Gasteiger partial charge >= 0.3 is 0 Å². The highest BCUT2D eigenvalue weighted by atomic mass is 16.7. The zero-order valence-corrected chi connectivity index (χ0v) is 17.3. The van der Waals surface area contributed by atoms with Gasteiger partial charge in [-0.1, -0.05) is 48.5 Å². The second-order valence-corrected chi connectivity index (χ2v) is 8.38. The van der Waals surface area contributed by atoms with Crippen molar-refractivity contribution in [2.45, 2.75) is 6.04 Å². The Labute approximate surface area is 181 Å². The minimum absolute atomic E-state index is 0.128. The maximum atomic E-state index is 12.8. The van der Waals surface area contributed by atoms with Gasteiger partial charge in [0.25, 0.3) is 0 Å². The van der Waals surface area contributed by atoms with Gasteiger partial charge in [0, 0.05) is 31.7 Å². The molecule has 1 saturated heterocycles. The first-order chi connectivity index (χ1) is 15.3. The largest absolute Gasteiger partial charge is 0.454 e. The predicted octanol–water partition coefficient (Wildman–Crippen LogP) is 3.99. The van der Waals surface area contributed by atoms with E-state index in [0.717, 1.165) is 26.2 Å². The van der Waals surface area contributed by atoms with E-state index in [0.29, 0.717) is 29.6 Å². The lowest BCUT2D eigenvalue weighted by Gasteiger charge is -2.38. The minimum atomic E-state index is 0.128. The molecule has 3 aromatic carbocycles. The van der Waals surface area contributed by atoms with Gasteiger partial charge in [0.05, 0.1) is 12.6 Å². The second kappa shape index (κ2) is 7.52. The number of Topliss-reactive ketones (excluding diaryl/α,β-unsaturated/α-hetero) is 1. The van der Waals surface area contributed by atoms with Crippen molar-refractivity contribution >= 4 is 5.78 Å². The summed E-state index contributed by atoms with van der Waals surface area (Å²) >= 11 is 0. The Kier molecular flexibility index (Phi) is 4.51. The molecule has 5 heteroatoms. The van der Waals surface area contributed by atoms with E-state index in [1.165, 1.54) is 22.3 Å². The SMILES string of the molecule is O=C(CN1CCN(C2c3ccccc3-c3ccccc32)CC1)c1ccc2c(c1)OCO2. The van der Waals surface area contributed by atoms with E-state index in [1.807, 2.05) is 12.1 Å². The van der Waals surface area contributed by atoms with E-state index in [-0.39, 0.29) is 12.6 Å². The van der Waals surface area contributed by atoms with E-state index >= 15 is 0 Å². The molecule has 0 atom stereocenters. The van der Waals surface area contributed by atoms with Gasteiger partial charge in [-0.25, -0.2) is 0 Å². The fraction of sp³-hybridized carbons (Fsp3) is 0.269. The number of hydrogen-bond acceptors (Lipinski definition) is 5. The zero-order valence-electron chi connectivity index (χ0n) is 17.3. The number of nitrogens with zero attached hydrogens (tertiary/aromatic N) is 2. The molecule has 2 heterocycles. The lowest BCUT2D eigenvalue weighted by molar-refractivity contribution is 0.0811. The van der Waals surface area contributed by atoms with Crippen molar-refractivity contribution in [3.05, 3.63) is 83.4 Å². The fourth-order valence-corrected chi connectivity index (χ4v) is 5.07. The van der Waals surface area contributed by atoms with E-state index in [4.69, 9.17) is 9.47 Å². The molecule has 0 saturated carbocycles. The molecule has 0 aromatic heterocycles. The highest BCUT2D eigenvalue weighted by Crippen LogP contribution is 2.46. The molecule has 0 N–H and O–H groups in total. The van der Waals surface area contributed by atoms with Crippen molar-refractivity contribution in [1.29, 1.82) is 0 Å². The molecule has 6 rings (SSSR count). The Bertz CT molecular complexity index is 1110. The number of carbonyl (C=O) groups excluding carboxylic acids is 1. The minimum Gasteiger partial charge on any atom is -0.454 e. The topological polar surface area (TPSA) is 42.0 Å². The van der Waals surface area contributed by atoms with Crippen LogP contribution in [0.25, 0.3) is 11.1 Å². The van der Waals surface area contributed by atoms with Crippen LogP contribution in [0.1, 0.15) is 27.5 Å². The van der Waals surface area contributed by atoms with Crippen LogP contribution in [-0.4, -0.2) is 55.1 Å². The number of piperazine rings is 1. The highest BCUT2D eigenvalue weighted by Gasteiger charge is 2.34. The van der Waals surface area contributed by atoms with Crippen LogP contribution < -0.4 is 9.47 Å². The third-order valence-electron chi connectivity index (χ3n) is 6.63. The highest BCUT2D eigenvalue weighted by molar-refractivity contribution is 5.98. The molecule has 3 aromatic rings. The number of fused-ring (bicyclic) bond motifs is 4. The van der Waals surface area contributed by atoms with Gasteiger partial charge in [-0.15, -0.1) is 0 Å². The average Bonchev–Trinajstić information content (AvgIpc) is 3.42. The first kappa shape index (κ1) is 18.6. The van der Waals surface area contributed by atoms with Crippen LogP contribution in [0, 0.1) is 0 Å². The van der Waals surface area contributed by atoms with Crippen molar-refractivity contribution < 1.29 is 14.3 Å². The molecule has 5 nitrogen and oxygen atoms in total. The molecule has 0 unspecified atom stereocenters. The van der Waals surface area contributed by atoms with Crippen LogP contribution in [0.3, 0.4) is 0 Å². The van der Waals surface area contributed by atoms with Crippen LogP contribution in [-0.2, 0) is 0 Å². The van der Waals surface area contributed by atoms with E-state index in [9.17, 15) is 4.79 Å². The van der Waals surface area contributed by atoms with Gasteiger partial charge < -0.3 is 9.47 Å². The normalized spacial score (nSPS) is 18.1. The number of carbonyl (C=O) groups is 1. The van der Waals surface area contributed by atoms with Crippen molar-refractivity contribution in [2.75, 3.05) is 39.5 Å². The summed E-state index contributed by atoms with van der Waals surface area (Å²) in [6.45, 7) is 4.32. The van der Waals surface area contributed by atoms with Crippen LogP contribution >= 0.6 is 0 Å². The lowest BCUT2D eigenvalue weighted by atomic mass is 10.0. The first-order valence-corrected chi connectivity index (χ1v) is 10.9. The number of ether oxygens (including phenoxy) is 2. The molecule has 0 amide bonds. The van der Waals surface area contributed by atoms with Crippen LogP contribution in [0.2, 0.25) is 0 Å². The van der Waals surface area contributed by atoms with Gasteiger partial charge in [-0.2, -0.15) is 0 Å². The average molecular weight is 412 g/mol. The second-order valence-electron chi connectivity index (χ2n) is 8.38. The Morgan fingerprint density at radius 3 is 2.16 bits per heavy atom. The lowest BCUT2D eigenvalue weighted by Crippen LogP contribution is -2.48. The number of hydrogen-bond donors (Lipinski definition) is 0. The summed E-state index contributed by atoms with van der Waals surface area (Å²) in [4.78, 5) is 17.6. The van der Waals surface area contributed by atoms with Crippen LogP contribution in [0.5, 0.6) is 11.5 Å². The van der Waals surface area contributed by atoms with Crippen molar-refractivity contribution in [3.8, 4) is 22.6 Å². The summed E-state index contributed by atoms with van der Waals surface area (Å²) in [6, 6.07) is 23.3. The van der Waals surface area contributed by atoms with Gasteiger partial charge in [-0.3, -0.25) is 14.6 Å². The molecular formula is C26H24N2O3. The van der Waals surface area contributed by atoms with Crippen LogP contribution in [0.4, 0.5) is 0 Å². The van der Waals surface area contributed by atoms with Gasteiger partial charge in [0.15, 0.2) is 17.3 Å². The van der Waals surface area contributed by atoms with Gasteiger partial charge in [0.2, 0.25) is 6.79 Å². The quantitative estimate of drug-likeness (QED) is 0.607. The molecule has 0 spiro atoms. The van der Waals surface area contributed by atoms with Crippen molar-refractivity contribution in [2.24, 2.45) is 0 Å². The third-order valence-corrected chi connectivity index (χ3v) is 6.63. The zero-order chi connectivity index (χ0) is 20.8. The monoisotopic (exact) mass is 412 g/mol. The van der Waals surface area contributed by atoms with Gasteiger partial charge in [-0.05, 0) is 40.5 Å². The van der Waals surface area contributed by atoms with Crippen molar-refractivity contribution in [1.82, 2.24) is 9.80 Å². The number of ketones is 1. The summed E-state index contributed by atoms with van der Waals surface area (Å²) in [6.07, 6.45) is 0. The van der Waals surface area contributed by atoms with Crippen molar-refractivity contribution in [3.63, 3.8) is 0 Å². The molecular weight excluding hydrogens is 388 g/mol. The Morgan fingerprint density at radius 2 is 1.45 bits per heavy atom. The van der Waals surface area contributed by atoms with E-state index < -0.39 is 0 Å². The predicted molar refractivity (Wildman–Crippen MR) is 119 cm³/mol. The van der Waals surface area contributed by atoms with Crippen LogP contribution in [0.15, 0.2) is 66.7 Å². The summed E-state index contributed by atoms with van der Waals surface area (Å²) in [7, 11) is 0. The Balaban J connectivity index is 1.15. The first-order valence-electron chi connectivity index (χ1n) is 10.9. The molecule has 3 aliphatic rings.